The van der Waals surface area contributed by atoms with E-state index in [1.807, 2.05) is 0 Å². The van der Waals surface area contributed by atoms with Crippen molar-refractivity contribution in [3.8, 4) is 67.6 Å². The van der Waals surface area contributed by atoms with Crippen LogP contribution in [-0.2, 0) is 0 Å². The Morgan fingerprint density at radius 1 is 0.211 bits per heavy atom. The zero-order valence-corrected chi connectivity index (χ0v) is 48.7. The normalized spacial score (nSPS) is 12.0. The minimum atomic E-state index is 0.661. The van der Waals surface area contributed by atoms with Crippen LogP contribution in [0.4, 0.5) is 0 Å². The van der Waals surface area contributed by atoms with Gasteiger partial charge in [-0.05, 0) is 131 Å². The average molecular weight is 1150 g/mol. The zero-order valence-electron chi connectivity index (χ0n) is 48.7. The quantitative estimate of drug-likeness (QED) is 0.142. The van der Waals surface area contributed by atoms with Gasteiger partial charge in [-0.2, -0.15) is 0 Å². The Kier molecular flexibility index (Phi) is 11.0. The third kappa shape index (κ3) is 7.39. The van der Waals surface area contributed by atoms with Crippen LogP contribution in [0, 0.1) is 0 Å². The van der Waals surface area contributed by atoms with Gasteiger partial charge >= 0.3 is 0 Å². The first-order chi connectivity index (χ1) is 44.7. The zero-order chi connectivity index (χ0) is 59.0. The first-order valence-corrected chi connectivity index (χ1v) is 30.8. The predicted octanol–water partition coefficient (Wildman–Crippen LogP) is 21.8. The van der Waals surface area contributed by atoms with Crippen molar-refractivity contribution in [3.63, 3.8) is 0 Å². The van der Waals surface area contributed by atoms with Crippen molar-refractivity contribution in [2.45, 2.75) is 0 Å². The summed E-state index contributed by atoms with van der Waals surface area (Å²) in [5.41, 5.74) is 22.1. The lowest BCUT2D eigenvalue weighted by Crippen LogP contribution is -1.99. The molecule has 0 fully saturated rings. The Bertz CT molecular complexity index is 6160. The molecule has 0 amide bonds. The summed E-state index contributed by atoms with van der Waals surface area (Å²) in [7, 11) is 0. The Morgan fingerprint density at radius 2 is 0.544 bits per heavy atom. The Hall–Kier alpha value is -12.1. The Morgan fingerprint density at radius 3 is 0.989 bits per heavy atom. The molecule has 5 heterocycles. The van der Waals surface area contributed by atoms with Gasteiger partial charge in [0.15, 0.2) is 5.82 Å². The van der Waals surface area contributed by atoms with Crippen LogP contribution in [0.25, 0.3) is 177 Å². The van der Waals surface area contributed by atoms with Crippen LogP contribution in [0.5, 0.6) is 0 Å². The number of hydrogen-bond acceptors (Lipinski definition) is 2. The monoisotopic (exact) mass is 1140 g/mol. The maximum atomic E-state index is 5.67. The molecule has 0 aliphatic rings. The van der Waals surface area contributed by atoms with E-state index < -0.39 is 0 Å². The fourth-order valence-electron chi connectivity index (χ4n) is 15.0. The van der Waals surface area contributed by atoms with Crippen molar-refractivity contribution >= 4 is 109 Å². The molecular formula is C84H52N6. The molecule has 0 bridgehead atoms. The van der Waals surface area contributed by atoms with E-state index in [-0.39, 0.29) is 0 Å². The average Bonchev–Trinajstić information content (AvgIpc) is 1.71. The summed E-state index contributed by atoms with van der Waals surface area (Å²) in [4.78, 5) is 11.2. The number of benzene rings is 14. The molecule has 19 aromatic rings. The first kappa shape index (κ1) is 50.1. The van der Waals surface area contributed by atoms with Crippen LogP contribution >= 0.6 is 0 Å². The second-order valence-corrected chi connectivity index (χ2v) is 23.6. The summed E-state index contributed by atoms with van der Waals surface area (Å²) in [6, 6.07) is 115. The van der Waals surface area contributed by atoms with Gasteiger partial charge in [0.1, 0.15) is 0 Å². The highest BCUT2D eigenvalue weighted by Gasteiger charge is 2.25. The molecule has 0 atom stereocenters. The molecule has 0 unspecified atom stereocenters. The van der Waals surface area contributed by atoms with Gasteiger partial charge in [-0.15, -0.1) is 0 Å². The van der Waals surface area contributed by atoms with E-state index in [0.717, 1.165) is 83.3 Å². The minimum Gasteiger partial charge on any atom is -0.309 e. The molecule has 6 nitrogen and oxygen atoms in total. The van der Waals surface area contributed by atoms with Crippen LogP contribution in [0.2, 0.25) is 0 Å². The molecule has 418 valence electrons. The number of para-hydroxylation sites is 6. The van der Waals surface area contributed by atoms with Gasteiger partial charge in [-0.1, -0.05) is 212 Å². The van der Waals surface area contributed by atoms with Crippen LogP contribution in [0.3, 0.4) is 0 Å². The molecule has 14 aromatic carbocycles. The molecular weight excluding hydrogens is 1090 g/mol. The lowest BCUT2D eigenvalue weighted by Gasteiger charge is -2.15. The Labute approximate surface area is 517 Å². The van der Waals surface area contributed by atoms with Crippen molar-refractivity contribution in [1.29, 1.82) is 0 Å². The summed E-state index contributed by atoms with van der Waals surface area (Å²) in [5.74, 6) is 0.661. The van der Waals surface area contributed by atoms with Gasteiger partial charge in [0.05, 0.1) is 55.3 Å². The highest BCUT2D eigenvalue weighted by atomic mass is 15.0. The molecule has 0 radical (unpaired) electrons. The molecule has 0 spiro atoms. The van der Waals surface area contributed by atoms with Gasteiger partial charge in [0.25, 0.3) is 0 Å². The number of aromatic nitrogens is 6. The topological polar surface area (TPSA) is 45.5 Å². The summed E-state index contributed by atoms with van der Waals surface area (Å²) in [5, 5.41) is 13.0. The number of fused-ring (bicyclic) bond motifs is 15. The van der Waals surface area contributed by atoms with Crippen molar-refractivity contribution < 1.29 is 0 Å². The van der Waals surface area contributed by atoms with Crippen molar-refractivity contribution in [2.24, 2.45) is 0 Å². The summed E-state index contributed by atoms with van der Waals surface area (Å²) in [6.07, 6.45) is 0. The van der Waals surface area contributed by atoms with E-state index in [9.17, 15) is 0 Å². The van der Waals surface area contributed by atoms with E-state index in [1.54, 1.807) is 0 Å². The molecule has 0 saturated heterocycles. The largest absolute Gasteiger partial charge is 0.309 e. The fourth-order valence-corrected chi connectivity index (χ4v) is 15.0. The van der Waals surface area contributed by atoms with Gasteiger partial charge < -0.3 is 18.3 Å². The van der Waals surface area contributed by atoms with Gasteiger partial charge in [0.2, 0.25) is 0 Å². The van der Waals surface area contributed by atoms with E-state index in [2.05, 4.69) is 334 Å². The molecule has 5 aromatic heterocycles. The first-order valence-electron chi connectivity index (χ1n) is 30.8. The number of rotatable bonds is 8. The van der Waals surface area contributed by atoms with Gasteiger partial charge in [-0.3, -0.25) is 0 Å². The second-order valence-electron chi connectivity index (χ2n) is 23.6. The summed E-state index contributed by atoms with van der Waals surface area (Å²) >= 11 is 0. The maximum absolute atomic E-state index is 5.67. The van der Waals surface area contributed by atoms with E-state index in [0.29, 0.717) is 5.82 Å². The standard InChI is InChI=1S/C84H52N6/c1-3-26-56(27-4-1)87-70-41-13-9-33-65(70)78-61(37-19-45-74(78)87)63-39-21-47-76-80(63)67-35-11-15-43-72(67)89(76)58-30-17-24-54(51-58)82-69-50-49-53-23-7-8-32-60(53)83(69)86-84(85-82)55-25-18-31-59(52-55)90-73-44-16-12-36-68(73)81-64(40-22-48-77(81)90)62-38-20-46-75-79(62)66-34-10-14-42-71(66)88(75)57-28-5-2-6-29-57/h1-52H. The molecule has 19 rings (SSSR count). The molecule has 0 aliphatic carbocycles. The maximum Gasteiger partial charge on any atom is 0.160 e. The molecule has 0 aliphatic heterocycles. The van der Waals surface area contributed by atoms with Crippen LogP contribution in [0.15, 0.2) is 315 Å². The molecule has 0 saturated carbocycles. The smallest absolute Gasteiger partial charge is 0.160 e. The second kappa shape index (κ2) is 19.7. The fraction of sp³-hybridized carbons (Fsp3) is 0. The third-order valence-corrected chi connectivity index (χ3v) is 18.7. The van der Waals surface area contributed by atoms with E-state index >= 15 is 0 Å². The SMILES string of the molecule is c1ccc(-n2c3ccccc3c3c(-c4cccc5c4c4ccccc4n5-c4cccc(-c5nc(-c6cccc(-n7c8ccccc8c8c(-c9cccc%10c9c9ccccc9n%10-c9ccccc9)cccc87)c6)c6ccc7ccccc7c6n5)c4)cccc32)cc1. The van der Waals surface area contributed by atoms with E-state index in [1.165, 1.54) is 87.4 Å². The number of hydrogen-bond donors (Lipinski definition) is 0. The van der Waals surface area contributed by atoms with Crippen molar-refractivity contribution in [1.82, 2.24) is 28.2 Å². The summed E-state index contributed by atoms with van der Waals surface area (Å²) < 4.78 is 9.67. The summed E-state index contributed by atoms with van der Waals surface area (Å²) in [6.45, 7) is 0. The molecule has 90 heavy (non-hydrogen) atoms. The van der Waals surface area contributed by atoms with Crippen LogP contribution < -0.4 is 0 Å². The Balaban J connectivity index is 0.777. The molecule has 6 heteroatoms. The molecule has 0 N–H and O–H groups in total. The lowest BCUT2D eigenvalue weighted by atomic mass is 9.95. The highest BCUT2D eigenvalue weighted by Crippen LogP contribution is 2.47. The van der Waals surface area contributed by atoms with Gasteiger partial charge in [0, 0.05) is 87.7 Å². The predicted molar refractivity (Wildman–Crippen MR) is 376 cm³/mol. The van der Waals surface area contributed by atoms with Crippen LogP contribution in [-0.4, -0.2) is 28.2 Å². The number of nitrogens with zero attached hydrogens (tertiary/aromatic N) is 6. The van der Waals surface area contributed by atoms with Gasteiger partial charge in [-0.25, -0.2) is 9.97 Å². The third-order valence-electron chi connectivity index (χ3n) is 18.7. The van der Waals surface area contributed by atoms with Crippen molar-refractivity contribution in [3.05, 3.63) is 315 Å². The lowest BCUT2D eigenvalue weighted by molar-refractivity contribution is 1.17. The van der Waals surface area contributed by atoms with Crippen molar-refractivity contribution in [2.75, 3.05) is 0 Å². The highest BCUT2D eigenvalue weighted by molar-refractivity contribution is 6.24. The van der Waals surface area contributed by atoms with Crippen LogP contribution in [0.1, 0.15) is 0 Å². The minimum absolute atomic E-state index is 0.661. The van der Waals surface area contributed by atoms with E-state index in [4.69, 9.17) is 9.97 Å².